The lowest BCUT2D eigenvalue weighted by Crippen LogP contribution is -2.26. The monoisotopic (exact) mass is 321 g/mol. The molecule has 0 aliphatic rings. The molecule has 0 aliphatic heterocycles. The van der Waals surface area contributed by atoms with Crippen molar-refractivity contribution in [3.63, 3.8) is 0 Å². The van der Waals surface area contributed by atoms with Crippen LogP contribution < -0.4 is 9.46 Å². The first-order chi connectivity index (χ1) is 10.5. The largest absolute Gasteiger partial charge is 0.494 e. The highest BCUT2D eigenvalue weighted by Gasteiger charge is 2.13. The van der Waals surface area contributed by atoms with Crippen LogP contribution in [0.15, 0.2) is 41.6 Å². The van der Waals surface area contributed by atoms with Gasteiger partial charge >= 0.3 is 0 Å². The summed E-state index contributed by atoms with van der Waals surface area (Å²) in [6.45, 7) is 4.54. The number of aromatic nitrogens is 2. The summed E-state index contributed by atoms with van der Waals surface area (Å²) in [6.07, 6.45) is 3.71. The topological polar surface area (TPSA) is 81.2 Å². The van der Waals surface area contributed by atoms with Crippen molar-refractivity contribution >= 4 is 10.0 Å². The second kappa shape index (κ2) is 7.33. The minimum absolute atomic E-state index is 0.215. The molecular formula is C15H19N3O3S. The van der Waals surface area contributed by atoms with E-state index < -0.39 is 10.0 Å². The van der Waals surface area contributed by atoms with Crippen molar-refractivity contribution in [3.05, 3.63) is 48.0 Å². The Kier molecular flexibility index (Phi) is 5.46. The summed E-state index contributed by atoms with van der Waals surface area (Å²) >= 11 is 0. The molecule has 1 N–H and O–H groups in total. The first-order valence-corrected chi connectivity index (χ1v) is 8.50. The summed E-state index contributed by atoms with van der Waals surface area (Å²) in [4.78, 5) is 8.53. The van der Waals surface area contributed by atoms with Crippen LogP contribution in [0.1, 0.15) is 18.3 Å². The van der Waals surface area contributed by atoms with Crippen LogP contribution in [0.25, 0.3) is 0 Å². The van der Waals surface area contributed by atoms with E-state index in [1.54, 1.807) is 24.5 Å². The summed E-state index contributed by atoms with van der Waals surface area (Å²) in [5.41, 5.74) is 1.60. The number of benzene rings is 1. The zero-order chi connectivity index (χ0) is 16.0. The molecule has 22 heavy (non-hydrogen) atoms. The first-order valence-electron chi connectivity index (χ1n) is 7.02. The van der Waals surface area contributed by atoms with E-state index in [2.05, 4.69) is 14.7 Å². The summed E-state index contributed by atoms with van der Waals surface area (Å²) in [5.74, 6) is 0.650. The Balaban J connectivity index is 1.97. The van der Waals surface area contributed by atoms with Crippen LogP contribution in [0.4, 0.5) is 0 Å². The van der Waals surface area contributed by atoms with E-state index in [0.717, 1.165) is 11.4 Å². The van der Waals surface area contributed by atoms with E-state index in [1.807, 2.05) is 13.8 Å². The van der Waals surface area contributed by atoms with Gasteiger partial charge in [-0.3, -0.25) is 9.97 Å². The minimum Gasteiger partial charge on any atom is -0.494 e. The number of rotatable bonds is 7. The molecule has 1 heterocycles. The molecule has 2 aromatic rings. The van der Waals surface area contributed by atoms with E-state index in [9.17, 15) is 8.42 Å². The van der Waals surface area contributed by atoms with E-state index >= 15 is 0 Å². The van der Waals surface area contributed by atoms with Crippen LogP contribution >= 0.6 is 0 Å². The number of nitrogens with zero attached hydrogens (tertiary/aromatic N) is 2. The molecule has 118 valence electrons. The molecule has 1 aromatic carbocycles. The Morgan fingerprint density at radius 1 is 1.14 bits per heavy atom. The Morgan fingerprint density at radius 3 is 2.45 bits per heavy atom. The second-order valence-electron chi connectivity index (χ2n) is 4.64. The molecule has 6 nitrogen and oxygen atoms in total. The highest BCUT2D eigenvalue weighted by atomic mass is 32.2. The lowest BCUT2D eigenvalue weighted by atomic mass is 10.2. The molecule has 0 radical (unpaired) electrons. The number of hydrogen-bond acceptors (Lipinski definition) is 5. The van der Waals surface area contributed by atoms with Crippen LogP contribution in [-0.4, -0.2) is 31.5 Å². The molecule has 0 fully saturated rings. The Morgan fingerprint density at radius 2 is 1.82 bits per heavy atom. The van der Waals surface area contributed by atoms with Gasteiger partial charge in [0.2, 0.25) is 10.0 Å². The standard InChI is InChI=1S/C15H19N3O3S/c1-3-21-13-4-6-14(7-5-13)22(19,20)18-9-8-15-12(2)16-10-11-17-15/h4-7,10-11,18H,3,8-9H2,1-2H3. The third kappa shape index (κ3) is 4.25. The van der Waals surface area contributed by atoms with Gasteiger partial charge in [-0.2, -0.15) is 0 Å². The van der Waals surface area contributed by atoms with Gasteiger partial charge in [0.15, 0.2) is 0 Å². The van der Waals surface area contributed by atoms with Gasteiger partial charge in [-0.15, -0.1) is 0 Å². The molecule has 0 atom stereocenters. The molecule has 0 amide bonds. The van der Waals surface area contributed by atoms with Gasteiger partial charge in [0.25, 0.3) is 0 Å². The number of nitrogens with one attached hydrogen (secondary N) is 1. The van der Waals surface area contributed by atoms with Crippen LogP contribution in [0.5, 0.6) is 5.75 Å². The highest BCUT2D eigenvalue weighted by molar-refractivity contribution is 7.89. The fourth-order valence-electron chi connectivity index (χ4n) is 1.95. The van der Waals surface area contributed by atoms with Gasteiger partial charge in [0.05, 0.1) is 22.9 Å². The van der Waals surface area contributed by atoms with E-state index in [4.69, 9.17) is 4.74 Å². The fraction of sp³-hybridized carbons (Fsp3) is 0.333. The Hall–Kier alpha value is -1.99. The minimum atomic E-state index is -3.53. The highest BCUT2D eigenvalue weighted by Crippen LogP contribution is 2.15. The van der Waals surface area contributed by atoms with Crippen molar-refractivity contribution in [2.75, 3.05) is 13.2 Å². The molecule has 0 aliphatic carbocycles. The smallest absolute Gasteiger partial charge is 0.240 e. The molecule has 0 unspecified atom stereocenters. The van der Waals surface area contributed by atoms with Gasteiger partial charge in [-0.05, 0) is 38.1 Å². The van der Waals surface area contributed by atoms with Crippen molar-refractivity contribution in [3.8, 4) is 5.75 Å². The van der Waals surface area contributed by atoms with Crippen LogP contribution in [0.3, 0.4) is 0 Å². The van der Waals surface area contributed by atoms with Crippen molar-refractivity contribution in [2.24, 2.45) is 0 Å². The number of sulfonamides is 1. The zero-order valence-electron chi connectivity index (χ0n) is 12.6. The SMILES string of the molecule is CCOc1ccc(S(=O)(=O)NCCc2nccnc2C)cc1. The Labute approximate surface area is 130 Å². The lowest BCUT2D eigenvalue weighted by molar-refractivity contribution is 0.340. The predicted octanol–water partition coefficient (Wildman–Crippen LogP) is 1.70. The molecule has 0 saturated carbocycles. The Bertz CT molecular complexity index is 715. The first kappa shape index (κ1) is 16.4. The number of ether oxygens (including phenoxy) is 1. The maximum Gasteiger partial charge on any atom is 0.240 e. The molecule has 0 bridgehead atoms. The maximum absolute atomic E-state index is 12.2. The molecule has 0 spiro atoms. The van der Waals surface area contributed by atoms with Gasteiger partial charge in [0, 0.05) is 25.4 Å². The van der Waals surface area contributed by atoms with Crippen molar-refractivity contribution in [2.45, 2.75) is 25.2 Å². The van der Waals surface area contributed by atoms with Gasteiger partial charge in [0.1, 0.15) is 5.75 Å². The third-order valence-electron chi connectivity index (χ3n) is 3.08. The summed E-state index contributed by atoms with van der Waals surface area (Å²) in [7, 11) is -3.53. The zero-order valence-corrected chi connectivity index (χ0v) is 13.4. The van der Waals surface area contributed by atoms with Gasteiger partial charge < -0.3 is 4.74 Å². The van der Waals surface area contributed by atoms with E-state index in [0.29, 0.717) is 18.8 Å². The predicted molar refractivity (Wildman–Crippen MR) is 83.3 cm³/mol. The molecule has 2 rings (SSSR count). The van der Waals surface area contributed by atoms with Crippen molar-refractivity contribution < 1.29 is 13.2 Å². The van der Waals surface area contributed by atoms with Crippen molar-refractivity contribution in [1.29, 1.82) is 0 Å². The van der Waals surface area contributed by atoms with Gasteiger partial charge in [-0.25, -0.2) is 13.1 Å². The normalized spacial score (nSPS) is 11.4. The number of hydrogen-bond donors (Lipinski definition) is 1. The third-order valence-corrected chi connectivity index (χ3v) is 4.56. The molecular weight excluding hydrogens is 302 g/mol. The van der Waals surface area contributed by atoms with E-state index in [-0.39, 0.29) is 11.4 Å². The summed E-state index contributed by atoms with van der Waals surface area (Å²) in [5, 5.41) is 0. The quantitative estimate of drug-likeness (QED) is 0.839. The molecule has 0 saturated heterocycles. The van der Waals surface area contributed by atoms with Crippen LogP contribution in [-0.2, 0) is 16.4 Å². The second-order valence-corrected chi connectivity index (χ2v) is 6.41. The fourth-order valence-corrected chi connectivity index (χ4v) is 2.98. The van der Waals surface area contributed by atoms with E-state index in [1.165, 1.54) is 12.1 Å². The maximum atomic E-state index is 12.2. The average molecular weight is 321 g/mol. The van der Waals surface area contributed by atoms with Crippen LogP contribution in [0, 0.1) is 6.92 Å². The number of aryl methyl sites for hydroxylation is 1. The summed E-state index contributed by atoms with van der Waals surface area (Å²) in [6, 6.07) is 6.34. The summed E-state index contributed by atoms with van der Waals surface area (Å²) < 4.78 is 32.2. The average Bonchev–Trinajstić information content (AvgIpc) is 2.50. The van der Waals surface area contributed by atoms with Gasteiger partial charge in [-0.1, -0.05) is 0 Å². The molecule has 1 aromatic heterocycles. The lowest BCUT2D eigenvalue weighted by Gasteiger charge is -2.08. The molecule has 7 heteroatoms. The van der Waals surface area contributed by atoms with Crippen molar-refractivity contribution in [1.82, 2.24) is 14.7 Å². The van der Waals surface area contributed by atoms with Crippen LogP contribution in [0.2, 0.25) is 0 Å².